The molecule has 0 aliphatic heterocycles. The van der Waals surface area contributed by atoms with Crippen LogP contribution in [0.5, 0.6) is 0 Å². The van der Waals surface area contributed by atoms with Gasteiger partial charge in [-0.05, 0) is 43.5 Å². The van der Waals surface area contributed by atoms with Crippen molar-refractivity contribution >= 4 is 11.9 Å². The Hall–Kier alpha value is -2.38. The molecule has 5 nitrogen and oxygen atoms in total. The molecule has 3 rings (SSSR count). The van der Waals surface area contributed by atoms with Gasteiger partial charge in [0.25, 0.3) is 0 Å². The standard InChI is InChI=1S/C16H17F3N4O/c1-9-5-12(17)3-4-13(9)23-15(20-10(2)22-23)21-14(24)6-11-7-16(18,19)8-11/h3-5,11H,6-8H2,1-2H3,(H,20,21,22,24). The molecule has 2 aromatic rings. The van der Waals surface area contributed by atoms with Gasteiger partial charge in [-0.3, -0.25) is 10.1 Å². The SMILES string of the molecule is Cc1nc(NC(=O)CC2CC(F)(F)C2)n(-c2ccc(F)cc2C)n1. The van der Waals surface area contributed by atoms with Crippen LogP contribution in [0.25, 0.3) is 5.69 Å². The van der Waals surface area contributed by atoms with Crippen molar-refractivity contribution < 1.29 is 18.0 Å². The van der Waals surface area contributed by atoms with Gasteiger partial charge in [0.15, 0.2) is 0 Å². The molecular formula is C16H17F3N4O. The van der Waals surface area contributed by atoms with Crippen LogP contribution in [-0.2, 0) is 4.79 Å². The molecule has 24 heavy (non-hydrogen) atoms. The number of halogens is 3. The van der Waals surface area contributed by atoms with E-state index in [-0.39, 0.29) is 42.9 Å². The van der Waals surface area contributed by atoms with Crippen LogP contribution in [0.15, 0.2) is 18.2 Å². The van der Waals surface area contributed by atoms with Crippen molar-refractivity contribution in [2.45, 2.75) is 39.0 Å². The Balaban J connectivity index is 1.76. The van der Waals surface area contributed by atoms with Crippen LogP contribution in [0.1, 0.15) is 30.7 Å². The lowest BCUT2D eigenvalue weighted by molar-refractivity contribution is -0.129. The molecule has 1 aromatic heterocycles. The first kappa shape index (κ1) is 16.5. The van der Waals surface area contributed by atoms with E-state index < -0.39 is 5.92 Å². The number of anilines is 1. The van der Waals surface area contributed by atoms with Crippen molar-refractivity contribution in [3.8, 4) is 5.69 Å². The molecule has 0 saturated heterocycles. The molecule has 0 atom stereocenters. The first-order valence-electron chi connectivity index (χ1n) is 7.61. The molecule has 1 aromatic carbocycles. The maximum atomic E-state index is 13.3. The first-order chi connectivity index (χ1) is 11.2. The predicted octanol–water partition coefficient (Wildman–Crippen LogP) is 3.40. The zero-order chi connectivity index (χ0) is 17.5. The third kappa shape index (κ3) is 3.42. The van der Waals surface area contributed by atoms with Crippen LogP contribution in [0.4, 0.5) is 19.1 Å². The number of nitrogens with zero attached hydrogens (tertiary/aromatic N) is 3. The smallest absolute Gasteiger partial charge is 0.248 e. The Labute approximate surface area is 136 Å². The number of rotatable bonds is 4. The second-order valence-corrected chi connectivity index (χ2v) is 6.21. The average molecular weight is 338 g/mol. The second kappa shape index (κ2) is 5.92. The molecule has 0 bridgehead atoms. The molecule has 0 unspecified atom stereocenters. The van der Waals surface area contributed by atoms with Crippen molar-refractivity contribution in [2.24, 2.45) is 5.92 Å². The number of hydrogen-bond acceptors (Lipinski definition) is 3. The predicted molar refractivity (Wildman–Crippen MR) is 81.7 cm³/mol. The summed E-state index contributed by atoms with van der Waals surface area (Å²) in [6, 6.07) is 4.19. The van der Waals surface area contributed by atoms with E-state index >= 15 is 0 Å². The van der Waals surface area contributed by atoms with Crippen LogP contribution in [0.2, 0.25) is 0 Å². The Kier molecular flexibility index (Phi) is 4.06. The van der Waals surface area contributed by atoms with Crippen LogP contribution >= 0.6 is 0 Å². The Bertz CT molecular complexity index is 780. The lowest BCUT2D eigenvalue weighted by Crippen LogP contribution is -2.37. The molecule has 128 valence electrons. The van der Waals surface area contributed by atoms with E-state index in [2.05, 4.69) is 15.4 Å². The molecule has 0 radical (unpaired) electrons. The quantitative estimate of drug-likeness (QED) is 0.929. The summed E-state index contributed by atoms with van der Waals surface area (Å²) in [5.41, 5.74) is 1.22. The maximum Gasteiger partial charge on any atom is 0.248 e. The van der Waals surface area contributed by atoms with Gasteiger partial charge in [0, 0.05) is 19.3 Å². The minimum absolute atomic E-state index is 0.0178. The van der Waals surface area contributed by atoms with Crippen LogP contribution < -0.4 is 5.32 Å². The fraction of sp³-hybridized carbons (Fsp3) is 0.438. The molecule has 0 spiro atoms. The summed E-state index contributed by atoms with van der Waals surface area (Å²) in [4.78, 5) is 16.2. The Morgan fingerprint density at radius 2 is 2.08 bits per heavy atom. The zero-order valence-corrected chi connectivity index (χ0v) is 13.3. The molecule has 1 fully saturated rings. The molecule has 1 amide bonds. The highest BCUT2D eigenvalue weighted by Crippen LogP contribution is 2.44. The number of nitrogens with one attached hydrogen (secondary N) is 1. The van der Waals surface area contributed by atoms with Gasteiger partial charge in [-0.25, -0.2) is 13.2 Å². The summed E-state index contributed by atoms with van der Waals surface area (Å²) < 4.78 is 40.4. The lowest BCUT2D eigenvalue weighted by atomic mass is 9.79. The van der Waals surface area contributed by atoms with E-state index in [1.54, 1.807) is 19.9 Å². The molecule has 1 aliphatic carbocycles. The monoisotopic (exact) mass is 338 g/mol. The largest absolute Gasteiger partial charge is 0.294 e. The van der Waals surface area contributed by atoms with Gasteiger partial charge < -0.3 is 0 Å². The topological polar surface area (TPSA) is 59.8 Å². The number of benzene rings is 1. The third-order valence-electron chi connectivity index (χ3n) is 4.00. The fourth-order valence-corrected chi connectivity index (χ4v) is 2.89. The first-order valence-corrected chi connectivity index (χ1v) is 7.61. The van der Waals surface area contributed by atoms with Gasteiger partial charge in [0.2, 0.25) is 17.8 Å². The minimum Gasteiger partial charge on any atom is -0.294 e. The summed E-state index contributed by atoms with van der Waals surface area (Å²) in [6.07, 6.45) is -0.504. The second-order valence-electron chi connectivity index (χ2n) is 6.21. The Morgan fingerprint density at radius 3 is 2.71 bits per heavy atom. The van der Waals surface area contributed by atoms with Gasteiger partial charge in [-0.15, -0.1) is 5.10 Å². The van der Waals surface area contributed by atoms with Crippen LogP contribution in [-0.4, -0.2) is 26.6 Å². The lowest BCUT2D eigenvalue weighted by Gasteiger charge is -2.34. The van der Waals surface area contributed by atoms with Gasteiger partial charge >= 0.3 is 0 Å². The highest BCUT2D eigenvalue weighted by atomic mass is 19.3. The van der Waals surface area contributed by atoms with Crippen molar-refractivity contribution in [2.75, 3.05) is 5.32 Å². The van der Waals surface area contributed by atoms with E-state index in [4.69, 9.17) is 0 Å². The number of alkyl halides is 2. The van der Waals surface area contributed by atoms with E-state index in [1.807, 2.05) is 0 Å². The third-order valence-corrected chi connectivity index (χ3v) is 4.00. The Morgan fingerprint density at radius 1 is 1.38 bits per heavy atom. The van der Waals surface area contributed by atoms with E-state index in [1.165, 1.54) is 16.8 Å². The summed E-state index contributed by atoms with van der Waals surface area (Å²) in [5.74, 6) is -3.09. The molecule has 1 saturated carbocycles. The number of aromatic nitrogens is 3. The molecule has 1 aliphatic rings. The number of aryl methyl sites for hydroxylation is 2. The summed E-state index contributed by atoms with van der Waals surface area (Å²) in [7, 11) is 0. The number of amides is 1. The highest BCUT2D eigenvalue weighted by Gasteiger charge is 2.45. The number of carbonyl (C=O) groups is 1. The van der Waals surface area contributed by atoms with Crippen LogP contribution in [0, 0.1) is 25.6 Å². The normalized spacial score (nSPS) is 16.7. The van der Waals surface area contributed by atoms with Crippen molar-refractivity contribution in [1.82, 2.24) is 14.8 Å². The number of hydrogen-bond donors (Lipinski definition) is 1. The zero-order valence-electron chi connectivity index (χ0n) is 13.3. The van der Waals surface area contributed by atoms with Gasteiger partial charge in [0.05, 0.1) is 5.69 Å². The average Bonchev–Trinajstić information content (AvgIpc) is 2.77. The van der Waals surface area contributed by atoms with E-state index in [9.17, 15) is 18.0 Å². The van der Waals surface area contributed by atoms with Gasteiger partial charge in [0.1, 0.15) is 11.6 Å². The summed E-state index contributed by atoms with van der Waals surface area (Å²) in [6.45, 7) is 3.38. The van der Waals surface area contributed by atoms with E-state index in [0.717, 1.165) is 0 Å². The van der Waals surface area contributed by atoms with Crippen molar-refractivity contribution in [1.29, 1.82) is 0 Å². The van der Waals surface area contributed by atoms with Crippen molar-refractivity contribution in [3.63, 3.8) is 0 Å². The molecule has 1 N–H and O–H groups in total. The van der Waals surface area contributed by atoms with Crippen LogP contribution in [0.3, 0.4) is 0 Å². The number of carbonyl (C=O) groups excluding carboxylic acids is 1. The fourth-order valence-electron chi connectivity index (χ4n) is 2.89. The maximum absolute atomic E-state index is 13.3. The van der Waals surface area contributed by atoms with E-state index in [0.29, 0.717) is 17.1 Å². The summed E-state index contributed by atoms with van der Waals surface area (Å²) >= 11 is 0. The van der Waals surface area contributed by atoms with Crippen molar-refractivity contribution in [3.05, 3.63) is 35.4 Å². The van der Waals surface area contributed by atoms with Gasteiger partial charge in [-0.2, -0.15) is 9.67 Å². The molecule has 1 heterocycles. The summed E-state index contributed by atoms with van der Waals surface area (Å²) in [5, 5.41) is 6.82. The highest BCUT2D eigenvalue weighted by molar-refractivity contribution is 5.89. The van der Waals surface area contributed by atoms with Gasteiger partial charge in [-0.1, -0.05) is 0 Å². The minimum atomic E-state index is -2.65. The molecular weight excluding hydrogens is 321 g/mol. The molecule has 8 heteroatoms.